The van der Waals surface area contributed by atoms with Gasteiger partial charge in [-0.25, -0.2) is 27.9 Å². The molecular formula is C39H29F3N4O5. The molecule has 4 heterocycles. The molecule has 1 saturated heterocycles. The standard InChI is InChI=1S/C39H29F3N4O5/c1-45-13-11-24(16-38(45)47)6-5-23-7-8-26(30(40)15-23)22-51-37-4-2-3-33(44-37)29-20-31(41)27(17-32(29)42)19-36-43-34-10-9-25(39(48)49)18-35(34)46(36)21-28-12-14-50-28/h2-4,7-11,13,15-18,20,28H,12,14,19,21-22H2,1H3,(H,48,49). The Labute approximate surface area is 289 Å². The van der Waals surface area contributed by atoms with Crippen molar-refractivity contribution >= 4 is 17.0 Å². The first-order valence-electron chi connectivity index (χ1n) is 16.0. The van der Waals surface area contributed by atoms with Crippen LogP contribution < -0.4 is 10.3 Å². The number of hydrogen-bond donors (Lipinski definition) is 1. The first kappa shape index (κ1) is 33.3. The quantitative estimate of drug-likeness (QED) is 0.178. The fraction of sp³-hybridized carbons (Fsp3) is 0.179. The maximum atomic E-state index is 15.6. The first-order valence-corrected chi connectivity index (χ1v) is 16.0. The number of carboxylic acids is 1. The van der Waals surface area contributed by atoms with E-state index >= 15 is 8.78 Å². The summed E-state index contributed by atoms with van der Waals surface area (Å²) in [5.41, 5.74) is 2.24. The Bertz CT molecular complexity index is 2440. The second kappa shape index (κ2) is 14.0. The van der Waals surface area contributed by atoms with Crippen LogP contribution in [0.3, 0.4) is 0 Å². The molecule has 51 heavy (non-hydrogen) atoms. The molecule has 1 aliphatic heterocycles. The van der Waals surface area contributed by atoms with E-state index in [1.165, 1.54) is 47.0 Å². The summed E-state index contributed by atoms with van der Waals surface area (Å²) < 4.78 is 60.6. The number of hydrogen-bond acceptors (Lipinski definition) is 6. The van der Waals surface area contributed by atoms with E-state index in [0.717, 1.165) is 18.6 Å². The van der Waals surface area contributed by atoms with E-state index < -0.39 is 23.4 Å². The molecule has 6 aromatic rings. The largest absolute Gasteiger partial charge is 0.478 e. The Morgan fingerprint density at radius 1 is 0.941 bits per heavy atom. The lowest BCUT2D eigenvalue weighted by molar-refractivity contribution is -0.0589. The number of aromatic nitrogens is 4. The lowest BCUT2D eigenvalue weighted by Gasteiger charge is -2.27. The number of fused-ring (bicyclic) bond motifs is 1. The smallest absolute Gasteiger partial charge is 0.335 e. The number of aromatic carboxylic acids is 1. The summed E-state index contributed by atoms with van der Waals surface area (Å²) in [5.74, 6) is 3.19. The summed E-state index contributed by atoms with van der Waals surface area (Å²) in [6.07, 6.45) is 2.28. The topological polar surface area (TPSA) is 108 Å². The molecule has 1 N–H and O–H groups in total. The molecule has 0 bridgehead atoms. The van der Waals surface area contributed by atoms with Gasteiger partial charge < -0.3 is 23.7 Å². The van der Waals surface area contributed by atoms with Crippen LogP contribution in [0.5, 0.6) is 5.88 Å². The van der Waals surface area contributed by atoms with Crippen LogP contribution in [0.15, 0.2) is 89.9 Å². The first-order chi connectivity index (χ1) is 24.6. The fourth-order valence-electron chi connectivity index (χ4n) is 5.68. The molecule has 0 aliphatic carbocycles. The maximum Gasteiger partial charge on any atom is 0.335 e. The number of carboxylic acid groups (broad SMARTS) is 1. The minimum absolute atomic E-state index is 0.0501. The summed E-state index contributed by atoms with van der Waals surface area (Å²) >= 11 is 0. The lowest BCUT2D eigenvalue weighted by Crippen LogP contribution is -2.31. The van der Waals surface area contributed by atoms with Gasteiger partial charge in [-0.3, -0.25) is 4.79 Å². The minimum Gasteiger partial charge on any atom is -0.478 e. The number of aryl methyl sites for hydroxylation is 1. The highest BCUT2D eigenvalue weighted by Gasteiger charge is 2.24. The molecule has 1 unspecified atom stereocenters. The zero-order chi connectivity index (χ0) is 35.6. The lowest BCUT2D eigenvalue weighted by atomic mass is 10.0. The van der Waals surface area contributed by atoms with Crippen molar-refractivity contribution in [2.24, 2.45) is 7.05 Å². The molecule has 1 aliphatic rings. The van der Waals surface area contributed by atoms with Crippen molar-refractivity contribution in [2.45, 2.75) is 32.1 Å². The van der Waals surface area contributed by atoms with E-state index in [4.69, 9.17) is 9.47 Å². The Hall–Kier alpha value is -6.19. The van der Waals surface area contributed by atoms with Crippen LogP contribution in [-0.2, 0) is 31.4 Å². The van der Waals surface area contributed by atoms with Crippen LogP contribution in [0.25, 0.3) is 22.3 Å². The number of imidazole rings is 1. The van der Waals surface area contributed by atoms with Crippen molar-refractivity contribution in [3.05, 3.63) is 147 Å². The van der Waals surface area contributed by atoms with Crippen molar-refractivity contribution in [1.29, 1.82) is 0 Å². The van der Waals surface area contributed by atoms with Gasteiger partial charge >= 0.3 is 5.97 Å². The molecule has 1 atom stereocenters. The number of halogens is 3. The third-order valence-corrected chi connectivity index (χ3v) is 8.62. The van der Waals surface area contributed by atoms with Gasteiger partial charge in [0.1, 0.15) is 29.9 Å². The highest BCUT2D eigenvalue weighted by molar-refractivity contribution is 5.92. The van der Waals surface area contributed by atoms with Crippen LogP contribution in [-0.4, -0.2) is 42.9 Å². The van der Waals surface area contributed by atoms with E-state index in [1.54, 1.807) is 42.1 Å². The highest BCUT2D eigenvalue weighted by atomic mass is 19.1. The van der Waals surface area contributed by atoms with Crippen LogP contribution >= 0.6 is 0 Å². The van der Waals surface area contributed by atoms with Crippen molar-refractivity contribution in [2.75, 3.05) is 6.61 Å². The van der Waals surface area contributed by atoms with Gasteiger partial charge in [0.15, 0.2) is 0 Å². The van der Waals surface area contributed by atoms with Gasteiger partial charge in [0.05, 0.1) is 34.9 Å². The summed E-state index contributed by atoms with van der Waals surface area (Å²) in [5, 5.41) is 9.50. The third kappa shape index (κ3) is 7.25. The van der Waals surface area contributed by atoms with Gasteiger partial charge in [0.25, 0.3) is 5.56 Å². The van der Waals surface area contributed by atoms with E-state index in [0.29, 0.717) is 41.1 Å². The summed E-state index contributed by atoms with van der Waals surface area (Å²) in [6.45, 7) is 0.838. The van der Waals surface area contributed by atoms with Crippen LogP contribution in [0.2, 0.25) is 0 Å². The van der Waals surface area contributed by atoms with E-state index in [1.807, 2.05) is 0 Å². The number of rotatable bonds is 9. The molecule has 0 saturated carbocycles. The Morgan fingerprint density at radius 2 is 1.73 bits per heavy atom. The average Bonchev–Trinajstić information content (AvgIpc) is 3.43. The molecule has 3 aromatic carbocycles. The second-order valence-corrected chi connectivity index (χ2v) is 12.1. The molecule has 0 radical (unpaired) electrons. The normalized spacial score (nSPS) is 13.8. The Balaban J connectivity index is 1.07. The Kier molecular flexibility index (Phi) is 9.13. The van der Waals surface area contributed by atoms with Crippen LogP contribution in [0.1, 0.15) is 44.9 Å². The molecular weight excluding hydrogens is 661 g/mol. The van der Waals surface area contributed by atoms with Gasteiger partial charge in [0, 0.05) is 60.7 Å². The third-order valence-electron chi connectivity index (χ3n) is 8.62. The van der Waals surface area contributed by atoms with E-state index in [9.17, 15) is 19.1 Å². The molecule has 3 aromatic heterocycles. The number of benzene rings is 3. The summed E-state index contributed by atoms with van der Waals surface area (Å²) in [6, 6.07) is 18.8. The molecule has 1 fully saturated rings. The van der Waals surface area contributed by atoms with Crippen LogP contribution in [0, 0.1) is 29.3 Å². The Morgan fingerprint density at radius 3 is 2.45 bits per heavy atom. The summed E-state index contributed by atoms with van der Waals surface area (Å²) in [4.78, 5) is 32.4. The summed E-state index contributed by atoms with van der Waals surface area (Å²) in [7, 11) is 1.63. The van der Waals surface area contributed by atoms with Gasteiger partial charge in [-0.2, -0.15) is 0 Å². The predicted octanol–water partition coefficient (Wildman–Crippen LogP) is 6.27. The fourth-order valence-corrected chi connectivity index (χ4v) is 5.68. The van der Waals surface area contributed by atoms with Crippen molar-refractivity contribution in [3.8, 4) is 29.0 Å². The zero-order valence-electron chi connectivity index (χ0n) is 27.2. The molecule has 9 nitrogen and oxygen atoms in total. The highest BCUT2D eigenvalue weighted by Crippen LogP contribution is 2.29. The SMILES string of the molecule is Cn1ccc(C#Cc2ccc(COc3cccc(-c4cc(F)c(Cc5nc6ccc(C(=O)O)cc6n5CC5CCO5)cc4F)n3)c(F)c2)cc1=O. The van der Waals surface area contributed by atoms with Gasteiger partial charge in [-0.15, -0.1) is 0 Å². The minimum atomic E-state index is -1.08. The van der Waals surface area contributed by atoms with Crippen molar-refractivity contribution < 1.29 is 32.5 Å². The van der Waals surface area contributed by atoms with Gasteiger partial charge in [-0.1, -0.05) is 24.0 Å². The van der Waals surface area contributed by atoms with Gasteiger partial charge in [-0.05, 0) is 66.6 Å². The van der Waals surface area contributed by atoms with Gasteiger partial charge in [0.2, 0.25) is 5.88 Å². The molecule has 12 heteroatoms. The predicted molar refractivity (Wildman–Crippen MR) is 182 cm³/mol. The number of nitrogens with zero attached hydrogens (tertiary/aromatic N) is 4. The molecule has 0 spiro atoms. The van der Waals surface area contributed by atoms with Crippen molar-refractivity contribution in [1.82, 2.24) is 19.1 Å². The maximum absolute atomic E-state index is 15.6. The number of ether oxygens (including phenoxy) is 2. The van der Waals surface area contributed by atoms with Crippen molar-refractivity contribution in [3.63, 3.8) is 0 Å². The van der Waals surface area contributed by atoms with E-state index in [-0.39, 0.29) is 58.5 Å². The molecule has 0 amide bonds. The van der Waals surface area contributed by atoms with Crippen LogP contribution in [0.4, 0.5) is 13.2 Å². The number of carbonyl (C=O) groups is 1. The number of pyridine rings is 2. The molecule has 7 rings (SSSR count). The average molecular weight is 691 g/mol. The molecule has 256 valence electrons. The zero-order valence-corrected chi connectivity index (χ0v) is 27.2. The second-order valence-electron chi connectivity index (χ2n) is 12.1. The van der Waals surface area contributed by atoms with E-state index in [2.05, 4.69) is 21.8 Å². The monoisotopic (exact) mass is 690 g/mol.